The minimum atomic E-state index is 0. The van der Waals surface area contributed by atoms with Crippen LogP contribution in [-0.2, 0) is 24.8 Å². The summed E-state index contributed by atoms with van der Waals surface area (Å²) in [7, 11) is 5.77. The molecule has 1 aliphatic rings. The first kappa shape index (κ1) is 24.2. The summed E-state index contributed by atoms with van der Waals surface area (Å²) >= 11 is 0. The van der Waals surface area contributed by atoms with E-state index in [9.17, 15) is 4.79 Å². The molecule has 1 aliphatic heterocycles. The van der Waals surface area contributed by atoms with Gasteiger partial charge in [0, 0.05) is 46.1 Å². The van der Waals surface area contributed by atoms with Crippen LogP contribution in [0, 0.1) is 5.92 Å². The van der Waals surface area contributed by atoms with Gasteiger partial charge in [0.15, 0.2) is 5.96 Å². The van der Waals surface area contributed by atoms with Gasteiger partial charge in [-0.1, -0.05) is 30.3 Å². The number of rotatable bonds is 6. The van der Waals surface area contributed by atoms with Crippen LogP contribution < -0.4 is 5.32 Å². The monoisotopic (exact) mass is 523 g/mol. The van der Waals surface area contributed by atoms with Gasteiger partial charge in [0.1, 0.15) is 0 Å². The van der Waals surface area contributed by atoms with E-state index in [-0.39, 0.29) is 36.4 Å². The first-order chi connectivity index (χ1) is 14.1. The average molecular weight is 523 g/mol. The molecule has 1 aromatic heterocycles. The normalized spacial score (nSPS) is 14.9. The van der Waals surface area contributed by atoms with E-state index in [0.717, 1.165) is 44.9 Å². The SMILES string of the molecule is CN=C(NCC(=O)N1CCC(Cc2ccccc2)CC1)N(C)Cc1cccn1C.I. The Morgan fingerprint density at radius 1 is 1.17 bits per heavy atom. The predicted molar refractivity (Wildman–Crippen MR) is 133 cm³/mol. The molecule has 1 aromatic carbocycles. The number of guanidine groups is 1. The first-order valence-corrected chi connectivity index (χ1v) is 10.4. The van der Waals surface area contributed by atoms with Gasteiger partial charge in [0.2, 0.25) is 5.91 Å². The Morgan fingerprint density at radius 2 is 1.87 bits per heavy atom. The Hall–Kier alpha value is -2.03. The van der Waals surface area contributed by atoms with Crippen LogP contribution >= 0.6 is 24.0 Å². The summed E-state index contributed by atoms with van der Waals surface area (Å²) in [4.78, 5) is 21.0. The number of nitrogens with zero attached hydrogens (tertiary/aromatic N) is 4. The molecular formula is C23H34IN5O. The number of aryl methyl sites for hydroxylation is 1. The lowest BCUT2D eigenvalue weighted by molar-refractivity contribution is -0.131. The number of carbonyl (C=O) groups is 1. The number of aromatic nitrogens is 1. The Balaban J connectivity index is 0.00000320. The van der Waals surface area contributed by atoms with Crippen molar-refractivity contribution in [1.82, 2.24) is 19.7 Å². The largest absolute Gasteiger partial charge is 0.353 e. The number of carbonyl (C=O) groups excluding carboxylic acids is 1. The van der Waals surface area contributed by atoms with Crippen LogP contribution in [-0.4, -0.2) is 60.0 Å². The Kier molecular flexibility index (Phi) is 9.68. The molecule has 7 heteroatoms. The number of hydrogen-bond donors (Lipinski definition) is 1. The summed E-state index contributed by atoms with van der Waals surface area (Å²) in [6.45, 7) is 2.71. The van der Waals surface area contributed by atoms with Crippen LogP contribution in [0.25, 0.3) is 0 Å². The first-order valence-electron chi connectivity index (χ1n) is 10.4. The number of benzene rings is 1. The quantitative estimate of drug-likeness (QED) is 0.360. The summed E-state index contributed by atoms with van der Waals surface area (Å²) in [6, 6.07) is 14.8. The van der Waals surface area contributed by atoms with E-state index >= 15 is 0 Å². The lowest BCUT2D eigenvalue weighted by atomic mass is 9.90. The number of piperidine rings is 1. The van der Waals surface area contributed by atoms with Crippen molar-refractivity contribution in [2.75, 3.05) is 33.7 Å². The van der Waals surface area contributed by atoms with E-state index in [0.29, 0.717) is 5.92 Å². The maximum absolute atomic E-state index is 12.7. The molecule has 0 spiro atoms. The number of likely N-dealkylation sites (tertiary alicyclic amines) is 1. The van der Waals surface area contributed by atoms with Gasteiger partial charge < -0.3 is 19.7 Å². The van der Waals surface area contributed by atoms with Gasteiger partial charge in [0.05, 0.1) is 13.1 Å². The smallest absolute Gasteiger partial charge is 0.241 e. The topological polar surface area (TPSA) is 52.9 Å². The average Bonchev–Trinajstić information content (AvgIpc) is 3.14. The van der Waals surface area contributed by atoms with Gasteiger partial charge >= 0.3 is 0 Å². The zero-order valence-corrected chi connectivity index (χ0v) is 20.6. The van der Waals surface area contributed by atoms with Crippen LogP contribution in [0.5, 0.6) is 0 Å². The molecule has 1 N–H and O–H groups in total. The minimum absolute atomic E-state index is 0. The van der Waals surface area contributed by atoms with E-state index in [1.54, 1.807) is 7.05 Å². The third-order valence-electron chi connectivity index (χ3n) is 5.76. The van der Waals surface area contributed by atoms with Crippen molar-refractivity contribution < 1.29 is 4.79 Å². The van der Waals surface area contributed by atoms with Gasteiger partial charge in [0.25, 0.3) is 0 Å². The predicted octanol–water partition coefficient (Wildman–Crippen LogP) is 3.13. The molecule has 0 bridgehead atoms. The molecule has 0 unspecified atom stereocenters. The highest BCUT2D eigenvalue weighted by molar-refractivity contribution is 14.0. The summed E-state index contributed by atoms with van der Waals surface area (Å²) in [5.74, 6) is 1.55. The molecule has 2 aromatic rings. The molecule has 0 radical (unpaired) electrons. The van der Waals surface area contributed by atoms with Crippen molar-refractivity contribution in [2.45, 2.75) is 25.8 Å². The molecule has 0 aliphatic carbocycles. The van der Waals surface area contributed by atoms with Gasteiger partial charge in [-0.15, -0.1) is 24.0 Å². The number of halogens is 1. The van der Waals surface area contributed by atoms with Gasteiger partial charge in [-0.05, 0) is 42.9 Å². The van der Waals surface area contributed by atoms with E-state index in [1.807, 2.05) is 36.2 Å². The molecule has 1 amide bonds. The third kappa shape index (κ3) is 6.75. The van der Waals surface area contributed by atoms with Gasteiger partial charge in [-0.25, -0.2) is 0 Å². The molecule has 164 valence electrons. The molecule has 3 rings (SSSR count). The molecule has 0 atom stereocenters. The Morgan fingerprint density at radius 3 is 2.47 bits per heavy atom. The molecule has 30 heavy (non-hydrogen) atoms. The summed E-state index contributed by atoms with van der Waals surface area (Å²) in [5.41, 5.74) is 2.59. The van der Waals surface area contributed by atoms with Crippen molar-refractivity contribution in [1.29, 1.82) is 0 Å². The second-order valence-electron chi connectivity index (χ2n) is 7.88. The van der Waals surface area contributed by atoms with E-state index in [4.69, 9.17) is 0 Å². The van der Waals surface area contributed by atoms with Gasteiger partial charge in [-0.2, -0.15) is 0 Å². The number of aliphatic imine (C=N–C) groups is 1. The zero-order valence-electron chi connectivity index (χ0n) is 18.3. The van der Waals surface area contributed by atoms with E-state index in [1.165, 1.54) is 11.3 Å². The highest BCUT2D eigenvalue weighted by Crippen LogP contribution is 2.21. The second kappa shape index (κ2) is 12.0. The lowest BCUT2D eigenvalue weighted by Gasteiger charge is -2.32. The summed E-state index contributed by atoms with van der Waals surface area (Å²) in [6.07, 6.45) is 5.29. The fourth-order valence-corrected chi connectivity index (χ4v) is 3.96. The molecule has 1 fully saturated rings. The lowest BCUT2D eigenvalue weighted by Crippen LogP contribution is -2.47. The molecule has 1 saturated heterocycles. The number of hydrogen-bond acceptors (Lipinski definition) is 2. The van der Waals surface area contributed by atoms with Crippen LogP contribution in [0.15, 0.2) is 53.7 Å². The maximum Gasteiger partial charge on any atom is 0.241 e. The summed E-state index contributed by atoms with van der Waals surface area (Å²) in [5, 5.41) is 3.22. The highest BCUT2D eigenvalue weighted by Gasteiger charge is 2.23. The minimum Gasteiger partial charge on any atom is -0.353 e. The van der Waals surface area contributed by atoms with Crippen molar-refractivity contribution in [3.8, 4) is 0 Å². The standard InChI is InChI=1S/C23H33N5O.HI/c1-24-23(27(3)18-21-10-7-13-26(21)2)25-17-22(29)28-14-11-20(12-15-28)16-19-8-5-4-6-9-19;/h4-10,13,20H,11-12,14-18H2,1-3H3,(H,24,25);1H. The summed E-state index contributed by atoms with van der Waals surface area (Å²) < 4.78 is 2.09. The Labute approximate surface area is 197 Å². The van der Waals surface area contributed by atoms with Crippen molar-refractivity contribution in [3.63, 3.8) is 0 Å². The van der Waals surface area contributed by atoms with Crippen molar-refractivity contribution >= 4 is 35.8 Å². The highest BCUT2D eigenvalue weighted by atomic mass is 127. The van der Waals surface area contributed by atoms with Crippen molar-refractivity contribution in [2.24, 2.45) is 18.0 Å². The molecular weight excluding hydrogens is 489 g/mol. The van der Waals surface area contributed by atoms with Gasteiger partial charge in [-0.3, -0.25) is 9.79 Å². The molecule has 0 saturated carbocycles. The van der Waals surface area contributed by atoms with E-state index in [2.05, 4.69) is 51.3 Å². The van der Waals surface area contributed by atoms with Crippen LogP contribution in [0.3, 0.4) is 0 Å². The zero-order chi connectivity index (χ0) is 20.6. The maximum atomic E-state index is 12.7. The molecule has 2 heterocycles. The number of nitrogens with one attached hydrogen (secondary N) is 1. The van der Waals surface area contributed by atoms with Crippen molar-refractivity contribution in [3.05, 3.63) is 59.9 Å². The fraction of sp³-hybridized carbons (Fsp3) is 0.478. The van der Waals surface area contributed by atoms with Crippen LogP contribution in [0.4, 0.5) is 0 Å². The molecule has 6 nitrogen and oxygen atoms in total. The third-order valence-corrected chi connectivity index (χ3v) is 5.76. The Bertz CT molecular complexity index is 812. The van der Waals surface area contributed by atoms with Crippen LogP contribution in [0.2, 0.25) is 0 Å². The van der Waals surface area contributed by atoms with Crippen LogP contribution in [0.1, 0.15) is 24.1 Å². The second-order valence-corrected chi connectivity index (χ2v) is 7.88. The fourth-order valence-electron chi connectivity index (χ4n) is 3.96. The van der Waals surface area contributed by atoms with E-state index < -0.39 is 0 Å². The number of amides is 1.